The number of thiocarbonyl (C=S) groups is 1. The zero-order valence-corrected chi connectivity index (χ0v) is 13.5. The van der Waals surface area contributed by atoms with Crippen molar-refractivity contribution in [1.82, 2.24) is 0 Å². The van der Waals surface area contributed by atoms with E-state index < -0.39 is 15.2 Å². The zero-order valence-electron chi connectivity index (χ0n) is 10.9. The summed E-state index contributed by atoms with van der Waals surface area (Å²) in [6.45, 7) is 0. The van der Waals surface area contributed by atoms with Gasteiger partial charge in [-0.05, 0) is 36.5 Å². The van der Waals surface area contributed by atoms with E-state index >= 15 is 0 Å². The summed E-state index contributed by atoms with van der Waals surface area (Å²) < 4.78 is 22.9. The zero-order chi connectivity index (χ0) is 16.7. The van der Waals surface area contributed by atoms with E-state index in [0.29, 0.717) is 11.1 Å². The summed E-state index contributed by atoms with van der Waals surface area (Å²) in [5.74, 6) is 0. The van der Waals surface area contributed by atoms with Crippen LogP contribution in [0.1, 0.15) is 0 Å². The quantitative estimate of drug-likeness (QED) is 0.232. The van der Waals surface area contributed by atoms with Crippen LogP contribution in [0, 0.1) is 0 Å². The summed E-state index contributed by atoms with van der Waals surface area (Å²) in [6, 6.07) is 6.11. The van der Waals surface area contributed by atoms with Crippen molar-refractivity contribution in [2.75, 3.05) is 5.32 Å². The van der Waals surface area contributed by atoms with Crippen molar-refractivity contribution in [3.8, 4) is 0 Å². The van der Waals surface area contributed by atoms with Crippen LogP contribution in [-0.4, -0.2) is 54.2 Å². The predicted octanol–water partition coefficient (Wildman–Crippen LogP) is -0.547. The van der Waals surface area contributed by atoms with Gasteiger partial charge in [0, 0.05) is 16.5 Å². The molecule has 0 aromatic heterocycles. The molecule has 0 radical (unpaired) electrons. The van der Waals surface area contributed by atoms with Crippen LogP contribution in [0.25, 0.3) is 10.8 Å². The fourth-order valence-corrected chi connectivity index (χ4v) is 3.44. The summed E-state index contributed by atoms with van der Waals surface area (Å²) in [4.78, 5) is 37.2. The number of hydrogen-bond acceptors (Lipinski definition) is 3. The fourth-order valence-electron chi connectivity index (χ4n) is 2.00. The van der Waals surface area contributed by atoms with E-state index in [1.165, 1.54) is 18.2 Å². The second-order valence-electron chi connectivity index (χ2n) is 4.44. The van der Waals surface area contributed by atoms with Gasteiger partial charge in [-0.3, -0.25) is 9.13 Å². The fraction of sp³-hybridized carbons (Fsp3) is 0. The Hall–Kier alpha value is -0.310. The maximum absolute atomic E-state index is 11.6. The van der Waals surface area contributed by atoms with E-state index in [0.717, 1.165) is 12.1 Å². The molecule has 0 aliphatic carbocycles. The van der Waals surface area contributed by atoms with Gasteiger partial charge in [0.2, 0.25) is 0 Å². The Morgan fingerprint density at radius 3 is 2.09 bits per heavy atom. The molecule has 0 amide bonds. The Balaban J connectivity index is 0.00000264. The normalized spacial score (nSPS) is 11.8. The molecule has 0 saturated carbocycles. The molecule has 12 heteroatoms. The average Bonchev–Trinajstić information content (AvgIpc) is 2.35. The monoisotopic (exact) mass is 386 g/mol. The second-order valence-corrected chi connectivity index (χ2v) is 8.05. The molecule has 8 nitrogen and oxygen atoms in total. The van der Waals surface area contributed by atoms with Gasteiger partial charge in [-0.15, -0.1) is 0 Å². The number of rotatable bonds is 3. The van der Waals surface area contributed by atoms with E-state index in [2.05, 4.69) is 5.32 Å². The van der Waals surface area contributed by atoms with E-state index in [-0.39, 0.29) is 50.7 Å². The molecule has 0 heterocycles. The van der Waals surface area contributed by atoms with Crippen LogP contribution in [0.15, 0.2) is 30.3 Å². The van der Waals surface area contributed by atoms with Gasteiger partial charge >= 0.3 is 44.7 Å². The molecule has 0 aliphatic rings. The first-order chi connectivity index (χ1) is 10.00. The predicted molar refractivity (Wildman–Crippen MR) is 94.9 cm³/mol. The van der Waals surface area contributed by atoms with Crippen LogP contribution < -0.4 is 21.7 Å². The van der Waals surface area contributed by atoms with Crippen molar-refractivity contribution in [1.29, 1.82) is 0 Å². The van der Waals surface area contributed by atoms with E-state index in [1.54, 1.807) is 0 Å². The van der Waals surface area contributed by atoms with Gasteiger partial charge in [0.15, 0.2) is 5.11 Å². The van der Waals surface area contributed by atoms with Crippen molar-refractivity contribution in [3.05, 3.63) is 30.3 Å². The first kappa shape index (κ1) is 20.7. The number of anilines is 1. The molecule has 0 aliphatic heterocycles. The van der Waals surface area contributed by atoms with Gasteiger partial charge < -0.3 is 30.6 Å². The Morgan fingerprint density at radius 2 is 1.61 bits per heavy atom. The molecule has 0 atom stereocenters. The van der Waals surface area contributed by atoms with Gasteiger partial charge in [0.1, 0.15) is 0 Å². The van der Waals surface area contributed by atoms with Crippen LogP contribution >= 0.6 is 27.4 Å². The number of hydrogen-bond donors (Lipinski definition) is 6. The number of fused-ring (bicyclic) bond motifs is 1. The minimum absolute atomic E-state index is 0. The van der Waals surface area contributed by atoms with E-state index in [9.17, 15) is 28.7 Å². The summed E-state index contributed by atoms with van der Waals surface area (Å²) >= 11 is 4.72. The molecular weight excluding hydrogens is 373 g/mol. The Bertz CT molecular complexity index is 865. The topological polar surface area (TPSA) is 153 Å². The summed E-state index contributed by atoms with van der Waals surface area (Å²) in [7, 11) is -9.20. The van der Waals surface area contributed by atoms with Crippen LogP contribution in [0.4, 0.5) is 5.69 Å². The third-order valence-electron chi connectivity index (χ3n) is 2.89. The second kappa shape index (κ2) is 7.29. The van der Waals surface area contributed by atoms with Gasteiger partial charge in [-0.25, -0.2) is 0 Å². The first-order valence-corrected chi connectivity index (χ1v) is 9.39. The van der Waals surface area contributed by atoms with E-state index in [1.807, 2.05) is 0 Å². The van der Waals surface area contributed by atoms with E-state index in [4.69, 9.17) is 18.0 Å². The molecule has 0 saturated heterocycles. The molecule has 0 fully saturated rings. The Kier molecular flexibility index (Phi) is 6.57. The van der Waals surface area contributed by atoms with Gasteiger partial charge in [0.05, 0.1) is 10.6 Å². The van der Waals surface area contributed by atoms with Crippen LogP contribution in [-0.2, 0) is 9.13 Å². The van der Waals surface area contributed by atoms with Crippen molar-refractivity contribution in [2.45, 2.75) is 0 Å². The SMILES string of the molecule is NC(=S)Nc1ccc(P(=O)(O)O)c2cc(P(=O)(O)O)ccc12.[NaH]. The van der Waals surface area contributed by atoms with Gasteiger partial charge in [-0.1, -0.05) is 6.07 Å². The van der Waals surface area contributed by atoms with Gasteiger partial charge in [-0.2, -0.15) is 0 Å². The number of nitrogens with two attached hydrogens (primary N) is 1. The molecular formula is C11H13N2NaO6P2S. The van der Waals surface area contributed by atoms with Crippen molar-refractivity contribution >= 4 is 89.1 Å². The summed E-state index contributed by atoms with van der Waals surface area (Å²) in [5.41, 5.74) is 5.75. The maximum atomic E-state index is 11.6. The van der Waals surface area contributed by atoms with Crippen molar-refractivity contribution in [3.63, 3.8) is 0 Å². The molecule has 7 N–H and O–H groups in total. The molecule has 0 bridgehead atoms. The molecule has 120 valence electrons. The summed E-state index contributed by atoms with van der Waals surface area (Å²) in [6.07, 6.45) is 0. The first-order valence-electron chi connectivity index (χ1n) is 5.75. The average molecular weight is 386 g/mol. The number of benzene rings is 2. The van der Waals surface area contributed by atoms with Crippen LogP contribution in [0.3, 0.4) is 0 Å². The molecule has 2 aromatic rings. The summed E-state index contributed by atoms with van der Waals surface area (Å²) in [5, 5.41) is 2.24. The molecule has 2 rings (SSSR count). The minimum atomic E-state index is -4.63. The Labute approximate surface area is 158 Å². The van der Waals surface area contributed by atoms with Gasteiger partial charge in [0.25, 0.3) is 0 Å². The molecule has 2 aromatic carbocycles. The third kappa shape index (κ3) is 4.84. The Morgan fingerprint density at radius 1 is 1.00 bits per heavy atom. The molecule has 0 unspecified atom stereocenters. The van der Waals surface area contributed by atoms with Crippen LogP contribution in [0.2, 0.25) is 0 Å². The molecule has 23 heavy (non-hydrogen) atoms. The third-order valence-corrected chi connectivity index (χ3v) is 4.96. The van der Waals surface area contributed by atoms with Crippen molar-refractivity contribution in [2.24, 2.45) is 5.73 Å². The number of nitrogens with one attached hydrogen (secondary N) is 1. The standard InChI is InChI=1S/C11H12N2O6P2S.Na.H/c12-11(22)13-9-3-4-10(21(17,18)19)8-5-6(20(14,15)16)1-2-7(8)9;;/h1-5H,(H3,12,13,22)(H2,14,15,16)(H2,17,18,19);;. The molecule has 0 spiro atoms. The van der Waals surface area contributed by atoms with Crippen molar-refractivity contribution < 1.29 is 28.7 Å². The van der Waals surface area contributed by atoms with Crippen LogP contribution in [0.5, 0.6) is 0 Å².